The number of rotatable bonds is 11. The van der Waals surface area contributed by atoms with Gasteiger partial charge in [-0.15, -0.1) is 11.3 Å². The number of aliphatic imine (C=N–C) groups is 1. The van der Waals surface area contributed by atoms with Gasteiger partial charge in [-0.25, -0.2) is 4.98 Å². The summed E-state index contributed by atoms with van der Waals surface area (Å²) >= 11 is 1.78. The molecule has 0 aliphatic heterocycles. The fourth-order valence-corrected chi connectivity index (χ4v) is 3.29. The van der Waals surface area contributed by atoms with Gasteiger partial charge in [0.25, 0.3) is 0 Å². The van der Waals surface area contributed by atoms with Crippen LogP contribution in [0.25, 0.3) is 0 Å². The molecule has 0 atom stereocenters. The van der Waals surface area contributed by atoms with Crippen LogP contribution in [-0.2, 0) is 24.2 Å². The van der Waals surface area contributed by atoms with Crippen molar-refractivity contribution in [3.63, 3.8) is 0 Å². The molecule has 1 heterocycles. The first-order chi connectivity index (χ1) is 13.2. The summed E-state index contributed by atoms with van der Waals surface area (Å²) in [5.41, 5.74) is 1.15. The number of ether oxygens (including phenoxy) is 2. The Bertz CT molecular complexity index is 686. The number of thiazole rings is 1. The molecule has 148 valence electrons. The molecule has 0 amide bonds. The normalized spacial score (nSPS) is 11.4. The number of benzene rings is 1. The molecule has 0 radical (unpaired) electrons. The van der Waals surface area contributed by atoms with E-state index in [-0.39, 0.29) is 0 Å². The molecule has 0 bridgehead atoms. The number of aryl methyl sites for hydroxylation is 1. The van der Waals surface area contributed by atoms with Crippen molar-refractivity contribution >= 4 is 17.3 Å². The first kappa shape index (κ1) is 21.2. The van der Waals surface area contributed by atoms with Crippen molar-refractivity contribution in [2.24, 2.45) is 4.99 Å². The lowest BCUT2D eigenvalue weighted by atomic mass is 10.2. The molecule has 0 saturated heterocycles. The van der Waals surface area contributed by atoms with Gasteiger partial charge >= 0.3 is 0 Å². The van der Waals surface area contributed by atoms with Gasteiger partial charge in [-0.1, -0.05) is 19.1 Å². The lowest BCUT2D eigenvalue weighted by Gasteiger charge is -2.11. The molecule has 2 rings (SSSR count). The monoisotopic (exact) mass is 390 g/mol. The fraction of sp³-hybridized carbons (Fsp3) is 0.500. The number of hydrogen-bond acceptors (Lipinski definition) is 5. The Kier molecular flexibility index (Phi) is 9.65. The molecule has 2 aromatic rings. The van der Waals surface area contributed by atoms with Crippen LogP contribution in [0.3, 0.4) is 0 Å². The molecule has 7 heteroatoms. The zero-order valence-electron chi connectivity index (χ0n) is 16.5. The first-order valence-corrected chi connectivity index (χ1v) is 10.2. The number of guanidine groups is 1. The van der Waals surface area contributed by atoms with E-state index in [2.05, 4.69) is 27.5 Å². The number of aromatic nitrogens is 1. The summed E-state index contributed by atoms with van der Waals surface area (Å²) in [4.78, 5) is 10.0. The molecule has 0 aliphatic carbocycles. The predicted molar refractivity (Wildman–Crippen MR) is 112 cm³/mol. The predicted octanol–water partition coefficient (Wildman–Crippen LogP) is 3.03. The Morgan fingerprint density at radius 1 is 1.19 bits per heavy atom. The molecular formula is C20H30N4O2S. The molecule has 2 N–H and O–H groups in total. The summed E-state index contributed by atoms with van der Waals surface area (Å²) in [6.45, 7) is 5.12. The average molecular weight is 391 g/mol. The van der Waals surface area contributed by atoms with Gasteiger partial charge in [-0.05, 0) is 30.5 Å². The van der Waals surface area contributed by atoms with Gasteiger partial charge in [0.15, 0.2) is 5.96 Å². The standard InChI is InChI=1S/C20H30N4O2S/c1-4-18-14-24-19(27-18)10-12-23-20(21-2)22-11-5-13-26-15-16-6-8-17(25-3)9-7-16/h6-9,14H,4-5,10-13,15H2,1-3H3,(H2,21,22,23). The number of nitrogens with zero attached hydrogens (tertiary/aromatic N) is 2. The molecular weight excluding hydrogens is 360 g/mol. The maximum absolute atomic E-state index is 5.71. The maximum Gasteiger partial charge on any atom is 0.190 e. The van der Waals surface area contributed by atoms with Crippen molar-refractivity contribution in [2.45, 2.75) is 32.8 Å². The lowest BCUT2D eigenvalue weighted by molar-refractivity contribution is 0.119. The van der Waals surface area contributed by atoms with Crippen LogP contribution in [0.1, 0.15) is 28.8 Å². The SMILES string of the molecule is CCc1cnc(CCNC(=NC)NCCCOCc2ccc(OC)cc2)s1. The molecule has 0 saturated carbocycles. The summed E-state index contributed by atoms with van der Waals surface area (Å²) in [7, 11) is 3.45. The molecule has 0 aliphatic rings. The third-order valence-corrected chi connectivity index (χ3v) is 5.19. The topological polar surface area (TPSA) is 67.8 Å². The molecule has 0 fully saturated rings. The highest BCUT2D eigenvalue weighted by molar-refractivity contribution is 7.11. The quantitative estimate of drug-likeness (QED) is 0.351. The Morgan fingerprint density at radius 2 is 1.96 bits per heavy atom. The van der Waals surface area contributed by atoms with Gasteiger partial charge in [-0.3, -0.25) is 4.99 Å². The van der Waals surface area contributed by atoms with Crippen molar-refractivity contribution < 1.29 is 9.47 Å². The van der Waals surface area contributed by atoms with Gasteiger partial charge in [0, 0.05) is 44.2 Å². The number of methoxy groups -OCH3 is 1. The van der Waals surface area contributed by atoms with Crippen molar-refractivity contribution in [3.8, 4) is 5.75 Å². The van der Waals surface area contributed by atoms with Gasteiger partial charge in [0.05, 0.1) is 18.7 Å². The summed E-state index contributed by atoms with van der Waals surface area (Å²) < 4.78 is 10.9. The van der Waals surface area contributed by atoms with Crippen LogP contribution >= 0.6 is 11.3 Å². The Balaban J connectivity index is 1.53. The third-order valence-electron chi connectivity index (χ3n) is 3.99. The Hall–Kier alpha value is -2.12. The van der Waals surface area contributed by atoms with E-state index >= 15 is 0 Å². The van der Waals surface area contributed by atoms with Crippen LogP contribution in [0.15, 0.2) is 35.5 Å². The van der Waals surface area contributed by atoms with Crippen molar-refractivity contribution in [1.82, 2.24) is 15.6 Å². The molecule has 6 nitrogen and oxygen atoms in total. The number of nitrogens with one attached hydrogen (secondary N) is 2. The van der Waals surface area contributed by atoms with Crippen LogP contribution in [0.5, 0.6) is 5.75 Å². The molecule has 0 unspecified atom stereocenters. The summed E-state index contributed by atoms with van der Waals surface area (Å²) in [5, 5.41) is 7.81. The number of hydrogen-bond donors (Lipinski definition) is 2. The summed E-state index contributed by atoms with van der Waals surface area (Å²) in [6.07, 6.45) is 4.85. The smallest absolute Gasteiger partial charge is 0.190 e. The summed E-state index contributed by atoms with van der Waals surface area (Å²) in [6, 6.07) is 7.94. The highest BCUT2D eigenvalue weighted by Gasteiger charge is 2.02. The lowest BCUT2D eigenvalue weighted by Crippen LogP contribution is -2.39. The van der Waals surface area contributed by atoms with E-state index in [1.54, 1.807) is 25.5 Å². The maximum atomic E-state index is 5.71. The highest BCUT2D eigenvalue weighted by Crippen LogP contribution is 2.13. The summed E-state index contributed by atoms with van der Waals surface area (Å²) in [5.74, 6) is 1.68. The average Bonchev–Trinajstić information content (AvgIpc) is 3.17. The van der Waals surface area contributed by atoms with Gasteiger partial charge in [0.1, 0.15) is 5.75 Å². The van der Waals surface area contributed by atoms with Crippen LogP contribution in [-0.4, -0.2) is 44.8 Å². The Morgan fingerprint density at radius 3 is 2.63 bits per heavy atom. The van der Waals surface area contributed by atoms with E-state index in [4.69, 9.17) is 9.47 Å². The minimum atomic E-state index is 0.616. The molecule has 1 aromatic carbocycles. The van der Waals surface area contributed by atoms with Crippen molar-refractivity contribution in [1.29, 1.82) is 0 Å². The third kappa shape index (κ3) is 7.97. The van der Waals surface area contributed by atoms with Crippen LogP contribution in [0.2, 0.25) is 0 Å². The minimum Gasteiger partial charge on any atom is -0.497 e. The van der Waals surface area contributed by atoms with Gasteiger partial charge in [-0.2, -0.15) is 0 Å². The van der Waals surface area contributed by atoms with E-state index in [9.17, 15) is 0 Å². The molecule has 1 aromatic heterocycles. The Labute approximate surface area is 166 Å². The van der Waals surface area contributed by atoms with Gasteiger partial charge in [0.2, 0.25) is 0 Å². The van der Waals surface area contributed by atoms with Crippen LogP contribution in [0.4, 0.5) is 0 Å². The van der Waals surface area contributed by atoms with Crippen LogP contribution < -0.4 is 15.4 Å². The molecule has 27 heavy (non-hydrogen) atoms. The highest BCUT2D eigenvalue weighted by atomic mass is 32.1. The van der Waals surface area contributed by atoms with Crippen molar-refractivity contribution in [2.75, 3.05) is 33.9 Å². The largest absolute Gasteiger partial charge is 0.497 e. The first-order valence-electron chi connectivity index (χ1n) is 9.34. The van der Waals surface area contributed by atoms with Crippen molar-refractivity contribution in [3.05, 3.63) is 45.9 Å². The second kappa shape index (κ2) is 12.3. The van der Waals surface area contributed by atoms with Gasteiger partial charge < -0.3 is 20.1 Å². The second-order valence-electron chi connectivity index (χ2n) is 6.00. The van der Waals surface area contributed by atoms with E-state index in [1.807, 2.05) is 30.5 Å². The second-order valence-corrected chi connectivity index (χ2v) is 7.20. The van der Waals surface area contributed by atoms with Crippen LogP contribution in [0, 0.1) is 0 Å². The fourth-order valence-electron chi connectivity index (χ4n) is 2.43. The zero-order valence-corrected chi connectivity index (χ0v) is 17.3. The van der Waals surface area contributed by atoms with E-state index in [0.29, 0.717) is 13.2 Å². The minimum absolute atomic E-state index is 0.616. The van der Waals surface area contributed by atoms with E-state index in [0.717, 1.165) is 49.6 Å². The van der Waals surface area contributed by atoms with E-state index < -0.39 is 0 Å². The molecule has 0 spiro atoms. The zero-order chi connectivity index (χ0) is 19.3. The van der Waals surface area contributed by atoms with E-state index in [1.165, 1.54) is 9.88 Å².